The Balaban J connectivity index is 2.83. The molecule has 0 aliphatic heterocycles. The molecule has 80 valence electrons. The van der Waals surface area contributed by atoms with Crippen LogP contribution < -0.4 is 5.32 Å². The molecule has 0 heterocycles. The number of anilines is 1. The molecule has 0 spiro atoms. The Kier molecular flexibility index (Phi) is 4.74. The lowest BCUT2D eigenvalue weighted by atomic mass is 10.1. The largest absolute Gasteiger partial charge is 0.379 e. The highest BCUT2D eigenvalue weighted by molar-refractivity contribution is 6.39. The third-order valence-corrected chi connectivity index (χ3v) is 2.77. The van der Waals surface area contributed by atoms with Crippen LogP contribution >= 0.6 is 23.2 Å². The van der Waals surface area contributed by atoms with Gasteiger partial charge in [0.1, 0.15) is 0 Å². The second-order valence-corrected chi connectivity index (χ2v) is 4.02. The minimum Gasteiger partial charge on any atom is -0.379 e. The molecule has 1 atom stereocenters. The van der Waals surface area contributed by atoms with E-state index in [9.17, 15) is 0 Å². The van der Waals surface area contributed by atoms with Crippen LogP contribution in [0.1, 0.15) is 19.8 Å². The van der Waals surface area contributed by atoms with E-state index in [1.165, 1.54) is 0 Å². The highest BCUT2D eigenvalue weighted by atomic mass is 35.5. The van der Waals surface area contributed by atoms with Gasteiger partial charge in [0.2, 0.25) is 0 Å². The van der Waals surface area contributed by atoms with Gasteiger partial charge in [-0.2, -0.15) is 5.26 Å². The maximum Gasteiger partial charge on any atom is 0.0721 e. The summed E-state index contributed by atoms with van der Waals surface area (Å²) in [4.78, 5) is 0. The van der Waals surface area contributed by atoms with Crippen molar-refractivity contribution in [2.45, 2.75) is 25.8 Å². The van der Waals surface area contributed by atoms with Gasteiger partial charge >= 0.3 is 0 Å². The molecule has 1 N–H and O–H groups in total. The van der Waals surface area contributed by atoms with Crippen molar-refractivity contribution in [3.8, 4) is 6.07 Å². The van der Waals surface area contributed by atoms with E-state index in [2.05, 4.69) is 11.4 Å². The van der Waals surface area contributed by atoms with Crippen molar-refractivity contribution in [2.24, 2.45) is 0 Å². The number of rotatable bonds is 4. The van der Waals surface area contributed by atoms with E-state index >= 15 is 0 Å². The summed E-state index contributed by atoms with van der Waals surface area (Å²) in [6.45, 7) is 2.01. The molecule has 1 rings (SSSR count). The molecule has 0 fully saturated rings. The van der Waals surface area contributed by atoms with Gasteiger partial charge in [0.15, 0.2) is 0 Å². The molecule has 2 nitrogen and oxygen atoms in total. The van der Waals surface area contributed by atoms with Gasteiger partial charge in [-0.25, -0.2) is 0 Å². The Morgan fingerprint density at radius 1 is 1.40 bits per heavy atom. The predicted octanol–water partition coefficient (Wildman–Crippen LogP) is 4.10. The van der Waals surface area contributed by atoms with Crippen LogP contribution in [0.4, 0.5) is 5.69 Å². The van der Waals surface area contributed by atoms with E-state index in [-0.39, 0.29) is 6.04 Å². The minimum absolute atomic E-state index is 0.0902. The van der Waals surface area contributed by atoms with Crippen molar-refractivity contribution in [2.75, 3.05) is 5.32 Å². The van der Waals surface area contributed by atoms with Crippen molar-refractivity contribution >= 4 is 28.9 Å². The molecule has 0 aliphatic carbocycles. The third kappa shape index (κ3) is 3.30. The summed E-state index contributed by atoms with van der Waals surface area (Å²) in [5.74, 6) is 0. The van der Waals surface area contributed by atoms with E-state index in [0.29, 0.717) is 22.2 Å². The van der Waals surface area contributed by atoms with Gasteiger partial charge < -0.3 is 5.32 Å². The van der Waals surface area contributed by atoms with Crippen LogP contribution in [0, 0.1) is 11.3 Å². The fourth-order valence-corrected chi connectivity index (χ4v) is 1.75. The number of benzene rings is 1. The number of nitrogens with zero attached hydrogens (tertiary/aromatic N) is 1. The standard InChI is InChI=1S/C11H12Cl2N2/c1-2-8(6-7-14)15-11-9(12)4-3-5-10(11)13/h3-5,8,15H,2,6H2,1H3. The van der Waals surface area contributed by atoms with Crippen LogP contribution in [-0.2, 0) is 0 Å². The van der Waals surface area contributed by atoms with Crippen LogP contribution in [0.25, 0.3) is 0 Å². The monoisotopic (exact) mass is 242 g/mol. The van der Waals surface area contributed by atoms with Gasteiger partial charge in [-0.1, -0.05) is 36.2 Å². The second kappa shape index (κ2) is 5.85. The molecule has 0 aromatic heterocycles. The first-order chi connectivity index (χ1) is 7.19. The maximum atomic E-state index is 8.63. The fraction of sp³-hybridized carbons (Fsp3) is 0.364. The zero-order valence-electron chi connectivity index (χ0n) is 8.43. The lowest BCUT2D eigenvalue weighted by molar-refractivity contribution is 0.711. The van der Waals surface area contributed by atoms with Gasteiger partial charge in [0.05, 0.1) is 28.2 Å². The minimum atomic E-state index is 0.0902. The Labute approximate surface area is 99.8 Å². The summed E-state index contributed by atoms with van der Waals surface area (Å²) in [5, 5.41) is 13.0. The van der Waals surface area contributed by atoms with Crippen LogP contribution in [0.5, 0.6) is 0 Å². The van der Waals surface area contributed by atoms with Crippen molar-refractivity contribution in [1.29, 1.82) is 5.26 Å². The molecular formula is C11H12Cl2N2. The molecule has 0 saturated heterocycles. The van der Waals surface area contributed by atoms with E-state index in [1.807, 2.05) is 6.92 Å². The lowest BCUT2D eigenvalue weighted by Crippen LogP contribution is -2.18. The van der Waals surface area contributed by atoms with Crippen LogP contribution in [0.15, 0.2) is 18.2 Å². The normalized spacial score (nSPS) is 11.9. The highest BCUT2D eigenvalue weighted by Gasteiger charge is 2.10. The van der Waals surface area contributed by atoms with Gasteiger partial charge in [0.25, 0.3) is 0 Å². The Bertz CT molecular complexity index is 351. The molecule has 1 aromatic carbocycles. The average Bonchev–Trinajstić information content (AvgIpc) is 2.22. The first-order valence-electron chi connectivity index (χ1n) is 4.76. The van der Waals surface area contributed by atoms with Crippen molar-refractivity contribution in [3.05, 3.63) is 28.2 Å². The third-order valence-electron chi connectivity index (χ3n) is 2.14. The van der Waals surface area contributed by atoms with E-state index < -0.39 is 0 Å². The summed E-state index contributed by atoms with van der Waals surface area (Å²) in [7, 11) is 0. The number of nitriles is 1. The van der Waals surface area contributed by atoms with E-state index in [0.717, 1.165) is 6.42 Å². The van der Waals surface area contributed by atoms with Gasteiger partial charge in [0, 0.05) is 6.04 Å². The van der Waals surface area contributed by atoms with E-state index in [1.54, 1.807) is 18.2 Å². The number of hydrogen-bond donors (Lipinski definition) is 1. The summed E-state index contributed by atoms with van der Waals surface area (Å²) < 4.78 is 0. The topological polar surface area (TPSA) is 35.8 Å². The molecule has 4 heteroatoms. The van der Waals surface area contributed by atoms with Gasteiger partial charge in [-0.3, -0.25) is 0 Å². The van der Waals surface area contributed by atoms with Crippen molar-refractivity contribution in [1.82, 2.24) is 0 Å². The number of halogens is 2. The Hall–Kier alpha value is -0.910. The SMILES string of the molecule is CCC(CC#N)Nc1c(Cl)cccc1Cl. The maximum absolute atomic E-state index is 8.63. The van der Waals surface area contributed by atoms with Gasteiger partial charge in [-0.05, 0) is 18.6 Å². The quantitative estimate of drug-likeness (QED) is 0.864. The molecule has 0 saturated carbocycles. The summed E-state index contributed by atoms with van der Waals surface area (Å²) in [6, 6.07) is 7.56. The first kappa shape index (κ1) is 12.2. The molecule has 1 aromatic rings. The van der Waals surface area contributed by atoms with E-state index in [4.69, 9.17) is 28.5 Å². The molecule has 0 radical (unpaired) electrons. The fourth-order valence-electron chi connectivity index (χ4n) is 1.25. The van der Waals surface area contributed by atoms with Gasteiger partial charge in [-0.15, -0.1) is 0 Å². The second-order valence-electron chi connectivity index (χ2n) is 3.21. The summed E-state index contributed by atoms with van der Waals surface area (Å²) in [5.41, 5.74) is 0.711. The number of para-hydroxylation sites is 1. The zero-order chi connectivity index (χ0) is 11.3. The predicted molar refractivity (Wildman–Crippen MR) is 64.4 cm³/mol. The lowest BCUT2D eigenvalue weighted by Gasteiger charge is -2.17. The van der Waals surface area contributed by atoms with Crippen LogP contribution in [0.2, 0.25) is 10.0 Å². The summed E-state index contributed by atoms with van der Waals surface area (Å²) in [6.07, 6.45) is 1.30. The molecule has 0 bridgehead atoms. The number of hydrogen-bond acceptors (Lipinski definition) is 2. The highest BCUT2D eigenvalue weighted by Crippen LogP contribution is 2.30. The Morgan fingerprint density at radius 3 is 2.47 bits per heavy atom. The molecular weight excluding hydrogens is 231 g/mol. The molecule has 0 amide bonds. The zero-order valence-corrected chi connectivity index (χ0v) is 9.94. The number of nitrogens with one attached hydrogen (secondary N) is 1. The summed E-state index contributed by atoms with van der Waals surface area (Å²) >= 11 is 12.0. The van der Waals surface area contributed by atoms with Crippen molar-refractivity contribution < 1.29 is 0 Å². The van der Waals surface area contributed by atoms with Crippen LogP contribution in [0.3, 0.4) is 0 Å². The molecule has 1 unspecified atom stereocenters. The average molecular weight is 243 g/mol. The van der Waals surface area contributed by atoms with Crippen molar-refractivity contribution in [3.63, 3.8) is 0 Å². The Morgan fingerprint density at radius 2 is 2.00 bits per heavy atom. The molecule has 15 heavy (non-hydrogen) atoms. The first-order valence-corrected chi connectivity index (χ1v) is 5.52. The van der Waals surface area contributed by atoms with Crippen LogP contribution in [-0.4, -0.2) is 6.04 Å². The molecule has 0 aliphatic rings. The smallest absolute Gasteiger partial charge is 0.0721 e.